The van der Waals surface area contributed by atoms with E-state index in [4.69, 9.17) is 11.6 Å². The largest absolute Gasteiger partial charge is 0.142 e. The van der Waals surface area contributed by atoms with Crippen molar-refractivity contribution in [2.24, 2.45) is 0 Å². The summed E-state index contributed by atoms with van der Waals surface area (Å²) in [7, 11) is 0. The molecule has 0 aliphatic carbocycles. The number of benzene rings is 1. The molecule has 3 heteroatoms. The lowest BCUT2D eigenvalue weighted by Crippen LogP contribution is -1.81. The number of rotatable bonds is 1. The van der Waals surface area contributed by atoms with Crippen LogP contribution in [0, 0.1) is 6.92 Å². The summed E-state index contributed by atoms with van der Waals surface area (Å²) in [6.45, 7) is 2.11. The Morgan fingerprint density at radius 3 is 2.92 bits per heavy atom. The molecule has 0 atom stereocenters. The molecule has 13 heavy (non-hydrogen) atoms. The minimum atomic E-state index is 0.572. The molecule has 0 saturated heterocycles. The Kier molecular flexibility index (Phi) is 2.54. The molecule has 0 aliphatic heterocycles. The number of halogens is 1. The maximum absolute atomic E-state index is 5.87. The van der Waals surface area contributed by atoms with Gasteiger partial charge in [0.2, 0.25) is 0 Å². The lowest BCUT2D eigenvalue weighted by molar-refractivity contribution is 1.41. The summed E-state index contributed by atoms with van der Waals surface area (Å²) < 4.78 is 1.25. The average Bonchev–Trinajstić information content (AvgIpc) is 2.51. The topological polar surface area (TPSA) is 0 Å². The fourth-order valence-corrected chi connectivity index (χ4v) is 3.06. The van der Waals surface area contributed by atoms with Gasteiger partial charge in [-0.25, -0.2) is 0 Å². The number of hydrogen-bond donors (Lipinski definition) is 1. The fraction of sp³-hybridized carbons (Fsp3) is 0.200. The normalized spacial score (nSPS) is 11.0. The van der Waals surface area contributed by atoms with Crippen LogP contribution in [-0.4, -0.2) is 0 Å². The van der Waals surface area contributed by atoms with E-state index in [2.05, 4.69) is 31.0 Å². The average molecular weight is 229 g/mol. The first-order valence-electron chi connectivity index (χ1n) is 3.98. The molecule has 0 nitrogen and oxygen atoms in total. The molecule has 0 spiro atoms. The Morgan fingerprint density at radius 2 is 2.23 bits per heavy atom. The van der Waals surface area contributed by atoms with Crippen LogP contribution in [0.1, 0.15) is 11.1 Å². The van der Waals surface area contributed by atoms with Gasteiger partial charge in [-0.2, -0.15) is 0 Å². The zero-order valence-electron chi connectivity index (χ0n) is 7.17. The molecule has 1 aromatic carbocycles. The Balaban J connectivity index is 2.88. The van der Waals surface area contributed by atoms with E-state index >= 15 is 0 Å². The molecule has 0 N–H and O–H groups in total. The predicted octanol–water partition coefficient (Wildman–Crippen LogP) is 4.24. The number of hydrogen-bond acceptors (Lipinski definition) is 2. The van der Waals surface area contributed by atoms with Crippen molar-refractivity contribution in [1.29, 1.82) is 0 Å². The van der Waals surface area contributed by atoms with E-state index in [0.29, 0.717) is 5.88 Å². The monoisotopic (exact) mass is 228 g/mol. The van der Waals surface area contributed by atoms with Crippen molar-refractivity contribution in [3.05, 3.63) is 28.6 Å². The molecule has 0 aliphatic rings. The van der Waals surface area contributed by atoms with Crippen molar-refractivity contribution in [1.82, 2.24) is 0 Å². The minimum absolute atomic E-state index is 0.572. The van der Waals surface area contributed by atoms with E-state index in [9.17, 15) is 0 Å². The zero-order chi connectivity index (χ0) is 9.42. The maximum atomic E-state index is 5.87. The van der Waals surface area contributed by atoms with Gasteiger partial charge in [-0.05, 0) is 29.5 Å². The standard InChI is InChI=1S/C10H9ClS2/c1-6-5-13-10-8(12)3-2-7(4-11)9(6)10/h2-3,5,12H,4H2,1H3. The maximum Gasteiger partial charge on any atom is 0.0481 e. The molecule has 68 valence electrons. The highest BCUT2D eigenvalue weighted by Gasteiger charge is 2.07. The van der Waals surface area contributed by atoms with Crippen molar-refractivity contribution >= 4 is 45.7 Å². The molecule has 1 aromatic heterocycles. The summed E-state index contributed by atoms with van der Waals surface area (Å²) in [4.78, 5) is 1.04. The van der Waals surface area contributed by atoms with E-state index in [-0.39, 0.29) is 0 Å². The summed E-state index contributed by atoms with van der Waals surface area (Å²) >= 11 is 12.0. The first-order valence-corrected chi connectivity index (χ1v) is 5.84. The van der Waals surface area contributed by atoms with Crippen molar-refractivity contribution in [2.75, 3.05) is 0 Å². The van der Waals surface area contributed by atoms with Gasteiger partial charge < -0.3 is 0 Å². The van der Waals surface area contributed by atoms with Gasteiger partial charge in [-0.1, -0.05) is 6.07 Å². The Labute approximate surface area is 91.9 Å². The van der Waals surface area contributed by atoms with Gasteiger partial charge in [0.1, 0.15) is 0 Å². The highest BCUT2D eigenvalue weighted by molar-refractivity contribution is 7.80. The van der Waals surface area contributed by atoms with Crippen LogP contribution in [0.4, 0.5) is 0 Å². The van der Waals surface area contributed by atoms with Gasteiger partial charge >= 0.3 is 0 Å². The van der Waals surface area contributed by atoms with Crippen LogP contribution in [0.15, 0.2) is 22.4 Å². The molecule has 2 aromatic rings. The fourth-order valence-electron chi connectivity index (χ4n) is 1.48. The van der Waals surface area contributed by atoms with E-state index in [0.717, 1.165) is 4.90 Å². The molecule has 0 bridgehead atoms. The number of thiophene rings is 1. The molecular formula is C10H9ClS2. The second kappa shape index (κ2) is 3.52. The summed E-state index contributed by atoms with van der Waals surface area (Å²) in [5.41, 5.74) is 2.50. The van der Waals surface area contributed by atoms with Crippen LogP contribution < -0.4 is 0 Å². The third-order valence-electron chi connectivity index (χ3n) is 2.12. The van der Waals surface area contributed by atoms with Crippen LogP contribution in [0.5, 0.6) is 0 Å². The molecular weight excluding hydrogens is 220 g/mol. The lowest BCUT2D eigenvalue weighted by atomic mass is 10.1. The molecule has 1 heterocycles. The lowest BCUT2D eigenvalue weighted by Gasteiger charge is -2.01. The molecule has 2 rings (SSSR count). The molecule has 0 fully saturated rings. The third-order valence-corrected chi connectivity index (χ3v) is 4.06. The predicted molar refractivity (Wildman–Crippen MR) is 63.4 cm³/mol. The van der Waals surface area contributed by atoms with Crippen LogP contribution in [0.3, 0.4) is 0 Å². The molecule has 0 unspecified atom stereocenters. The third kappa shape index (κ3) is 1.47. The Bertz CT molecular complexity index is 445. The summed E-state index contributed by atoms with van der Waals surface area (Å²) in [6, 6.07) is 4.07. The van der Waals surface area contributed by atoms with Crippen molar-refractivity contribution in [3.8, 4) is 0 Å². The van der Waals surface area contributed by atoms with Gasteiger partial charge in [-0.15, -0.1) is 35.6 Å². The molecule has 0 radical (unpaired) electrons. The van der Waals surface area contributed by atoms with E-state index in [1.807, 2.05) is 6.07 Å². The number of alkyl halides is 1. The zero-order valence-corrected chi connectivity index (χ0v) is 9.64. The first-order chi connectivity index (χ1) is 6.24. The SMILES string of the molecule is Cc1csc2c(S)ccc(CCl)c12. The Hall–Kier alpha value is -0.180. The quantitative estimate of drug-likeness (QED) is 0.548. The van der Waals surface area contributed by atoms with Crippen molar-refractivity contribution < 1.29 is 0 Å². The minimum Gasteiger partial charge on any atom is -0.142 e. The van der Waals surface area contributed by atoms with Crippen molar-refractivity contribution in [3.63, 3.8) is 0 Å². The van der Waals surface area contributed by atoms with Crippen LogP contribution in [-0.2, 0) is 5.88 Å². The second-order valence-electron chi connectivity index (χ2n) is 3.00. The molecule has 0 saturated carbocycles. The van der Waals surface area contributed by atoms with Gasteiger partial charge in [0.25, 0.3) is 0 Å². The van der Waals surface area contributed by atoms with E-state index < -0.39 is 0 Å². The van der Waals surface area contributed by atoms with E-state index in [1.165, 1.54) is 21.2 Å². The smallest absolute Gasteiger partial charge is 0.0481 e. The summed E-state index contributed by atoms with van der Waals surface area (Å²) in [5.74, 6) is 0.572. The second-order valence-corrected chi connectivity index (χ2v) is 4.63. The summed E-state index contributed by atoms with van der Waals surface area (Å²) in [5, 5.41) is 3.44. The number of thiol groups is 1. The van der Waals surface area contributed by atoms with Gasteiger partial charge in [0, 0.05) is 20.9 Å². The Morgan fingerprint density at radius 1 is 1.46 bits per heavy atom. The summed E-state index contributed by atoms with van der Waals surface area (Å²) in [6.07, 6.45) is 0. The molecule has 0 amide bonds. The van der Waals surface area contributed by atoms with Gasteiger partial charge in [0.15, 0.2) is 0 Å². The van der Waals surface area contributed by atoms with Crippen LogP contribution >= 0.6 is 35.6 Å². The number of fused-ring (bicyclic) bond motifs is 1. The van der Waals surface area contributed by atoms with Gasteiger partial charge in [0.05, 0.1) is 0 Å². The van der Waals surface area contributed by atoms with Crippen LogP contribution in [0.2, 0.25) is 0 Å². The van der Waals surface area contributed by atoms with Crippen LogP contribution in [0.25, 0.3) is 10.1 Å². The van der Waals surface area contributed by atoms with E-state index in [1.54, 1.807) is 11.3 Å². The highest BCUT2D eigenvalue weighted by atomic mass is 35.5. The number of aryl methyl sites for hydroxylation is 1. The first kappa shape index (κ1) is 9.38. The van der Waals surface area contributed by atoms with Gasteiger partial charge in [-0.3, -0.25) is 0 Å². The van der Waals surface area contributed by atoms with Crippen molar-refractivity contribution in [2.45, 2.75) is 17.7 Å². The highest BCUT2D eigenvalue weighted by Crippen LogP contribution is 2.33.